The molecule has 7 nitrogen and oxygen atoms in total. The first-order valence-electron chi connectivity index (χ1n) is 8.41. The van der Waals surface area contributed by atoms with Gasteiger partial charge < -0.3 is 20.9 Å². The summed E-state index contributed by atoms with van der Waals surface area (Å²) >= 11 is 3.14. The maximum Gasteiger partial charge on any atom is 0.339 e. The molecule has 2 aromatic rings. The van der Waals surface area contributed by atoms with Crippen molar-refractivity contribution in [3.8, 4) is 0 Å². The van der Waals surface area contributed by atoms with Crippen LogP contribution in [0.2, 0.25) is 0 Å². The first kappa shape index (κ1) is 21.4. The number of ether oxygens (including phenoxy) is 1. The summed E-state index contributed by atoms with van der Waals surface area (Å²) in [5.41, 5.74) is 6.69. The molecule has 8 heteroatoms. The Balaban J connectivity index is 2.18. The van der Waals surface area contributed by atoms with Crippen LogP contribution in [0.5, 0.6) is 0 Å². The lowest BCUT2D eigenvalue weighted by Gasteiger charge is -2.21. The zero-order chi connectivity index (χ0) is 21.1. The van der Waals surface area contributed by atoms with Gasteiger partial charge in [0.1, 0.15) is 5.60 Å². The van der Waals surface area contributed by atoms with Crippen LogP contribution in [0.25, 0.3) is 0 Å². The monoisotopic (exact) mass is 448 g/mol. The van der Waals surface area contributed by atoms with E-state index in [0.717, 1.165) is 0 Å². The van der Waals surface area contributed by atoms with Crippen molar-refractivity contribution in [1.82, 2.24) is 5.32 Å². The van der Waals surface area contributed by atoms with Crippen molar-refractivity contribution in [2.24, 2.45) is 0 Å². The highest BCUT2D eigenvalue weighted by molar-refractivity contribution is 9.10. The molecule has 0 unspecified atom stereocenters. The fourth-order valence-corrected chi connectivity index (χ4v) is 2.93. The van der Waals surface area contributed by atoms with E-state index in [1.807, 2.05) is 0 Å². The molecule has 0 radical (unpaired) electrons. The number of carboxylic acid groups (broad SMARTS) is 1. The predicted octanol–water partition coefficient (Wildman–Crippen LogP) is 3.61. The zero-order valence-electron chi connectivity index (χ0n) is 15.7. The average molecular weight is 449 g/mol. The maximum absolute atomic E-state index is 12.4. The van der Waals surface area contributed by atoms with Crippen LogP contribution >= 0.6 is 15.9 Å². The molecule has 0 aromatic heterocycles. The molecule has 0 saturated carbocycles. The molecule has 0 bridgehead atoms. The van der Waals surface area contributed by atoms with Crippen LogP contribution in [-0.4, -0.2) is 28.6 Å². The molecule has 28 heavy (non-hydrogen) atoms. The van der Waals surface area contributed by atoms with E-state index >= 15 is 0 Å². The molecule has 0 heterocycles. The molecule has 148 valence electrons. The number of carbonyl (C=O) groups is 3. The number of hydrogen-bond acceptors (Lipinski definition) is 5. The quantitative estimate of drug-likeness (QED) is 0.474. The summed E-state index contributed by atoms with van der Waals surface area (Å²) in [7, 11) is 0. The smallest absolute Gasteiger partial charge is 0.339 e. The third-order valence-electron chi connectivity index (χ3n) is 3.65. The van der Waals surface area contributed by atoms with Crippen LogP contribution in [0.3, 0.4) is 0 Å². The zero-order valence-corrected chi connectivity index (χ0v) is 17.3. The number of rotatable bonds is 5. The molecule has 2 aromatic carbocycles. The number of hydrogen-bond donors (Lipinski definition) is 3. The summed E-state index contributed by atoms with van der Waals surface area (Å²) in [6.45, 7) is 5.36. The molecule has 0 atom stereocenters. The molecule has 0 fully saturated rings. The van der Waals surface area contributed by atoms with E-state index in [4.69, 9.17) is 15.6 Å². The number of nitrogens with one attached hydrogen (secondary N) is 1. The number of esters is 1. The minimum Gasteiger partial charge on any atom is -0.478 e. The van der Waals surface area contributed by atoms with Gasteiger partial charge in [-0.15, -0.1) is 0 Å². The van der Waals surface area contributed by atoms with Crippen molar-refractivity contribution in [2.75, 3.05) is 5.73 Å². The normalized spacial score (nSPS) is 11.0. The summed E-state index contributed by atoms with van der Waals surface area (Å²) in [4.78, 5) is 35.9. The molecular formula is C20H21BrN2O5. The lowest BCUT2D eigenvalue weighted by atomic mass is 10.1. The summed E-state index contributed by atoms with van der Waals surface area (Å²) in [6.07, 6.45) is 0. The Hall–Kier alpha value is -2.87. The third-order valence-corrected chi connectivity index (χ3v) is 4.31. The number of anilines is 1. The number of amides is 1. The lowest BCUT2D eigenvalue weighted by molar-refractivity contribution is 0.00677. The fourth-order valence-electron chi connectivity index (χ4n) is 2.38. The number of nitrogens with two attached hydrogens (primary N) is 1. The van der Waals surface area contributed by atoms with Gasteiger partial charge in [-0.25, -0.2) is 9.59 Å². The van der Waals surface area contributed by atoms with E-state index < -0.39 is 23.4 Å². The first-order chi connectivity index (χ1) is 13.0. The third kappa shape index (κ3) is 5.56. The average Bonchev–Trinajstić information content (AvgIpc) is 2.58. The van der Waals surface area contributed by atoms with Crippen molar-refractivity contribution in [1.29, 1.82) is 0 Å². The van der Waals surface area contributed by atoms with Crippen molar-refractivity contribution in [3.05, 3.63) is 63.1 Å². The summed E-state index contributed by atoms with van der Waals surface area (Å²) < 4.78 is 5.69. The van der Waals surface area contributed by atoms with E-state index in [-0.39, 0.29) is 23.2 Å². The summed E-state index contributed by atoms with van der Waals surface area (Å²) in [5.74, 6) is -2.04. The van der Waals surface area contributed by atoms with Crippen LogP contribution in [0, 0.1) is 0 Å². The second-order valence-corrected chi connectivity index (χ2v) is 7.96. The van der Waals surface area contributed by atoms with Gasteiger partial charge in [-0.1, -0.05) is 6.07 Å². The topological polar surface area (TPSA) is 119 Å². The number of benzene rings is 2. The highest BCUT2D eigenvalue weighted by Crippen LogP contribution is 2.20. The van der Waals surface area contributed by atoms with Crippen molar-refractivity contribution < 1.29 is 24.2 Å². The van der Waals surface area contributed by atoms with Gasteiger partial charge in [-0.2, -0.15) is 0 Å². The second-order valence-electron chi connectivity index (χ2n) is 7.10. The Kier molecular flexibility index (Phi) is 6.45. The molecule has 0 aliphatic carbocycles. The Morgan fingerprint density at radius 2 is 1.79 bits per heavy atom. The number of halogens is 1. The number of carboxylic acids is 1. The number of carbonyl (C=O) groups excluding carboxylic acids is 2. The van der Waals surface area contributed by atoms with E-state index in [0.29, 0.717) is 15.7 Å². The van der Waals surface area contributed by atoms with Crippen LogP contribution in [0.1, 0.15) is 57.4 Å². The first-order valence-corrected chi connectivity index (χ1v) is 9.20. The summed E-state index contributed by atoms with van der Waals surface area (Å²) in [6, 6.07) is 8.98. The summed E-state index contributed by atoms with van der Waals surface area (Å²) in [5, 5.41) is 11.8. The molecular weight excluding hydrogens is 428 g/mol. The Bertz CT molecular complexity index is 935. The van der Waals surface area contributed by atoms with E-state index in [2.05, 4.69) is 21.2 Å². The van der Waals surface area contributed by atoms with Crippen molar-refractivity contribution in [2.45, 2.75) is 32.9 Å². The Morgan fingerprint density at radius 3 is 2.36 bits per heavy atom. The highest BCUT2D eigenvalue weighted by atomic mass is 79.9. The van der Waals surface area contributed by atoms with E-state index in [9.17, 15) is 14.4 Å². The second kappa shape index (κ2) is 8.43. The largest absolute Gasteiger partial charge is 0.478 e. The minimum atomic E-state index is -1.09. The molecule has 2 rings (SSSR count). The number of nitrogen functional groups attached to an aromatic ring is 1. The molecule has 0 aliphatic rings. The fraction of sp³-hybridized carbons (Fsp3) is 0.250. The van der Waals surface area contributed by atoms with Crippen LogP contribution in [0.15, 0.2) is 40.9 Å². The molecule has 0 spiro atoms. The predicted molar refractivity (Wildman–Crippen MR) is 108 cm³/mol. The SMILES string of the molecule is CC(C)(C)OC(=O)c1cc(N)ccc1CNC(=O)c1ccc(C(=O)O)c(Br)c1. The molecule has 1 amide bonds. The minimum absolute atomic E-state index is 0.0577. The number of aromatic carboxylic acids is 1. The van der Waals surface area contributed by atoms with Gasteiger partial charge in [0.05, 0.1) is 11.1 Å². The van der Waals surface area contributed by atoms with Crippen molar-refractivity contribution in [3.63, 3.8) is 0 Å². The van der Waals surface area contributed by atoms with Gasteiger partial charge in [0.15, 0.2) is 0 Å². The molecule has 4 N–H and O–H groups in total. The van der Waals surface area contributed by atoms with Gasteiger partial charge in [0.2, 0.25) is 0 Å². The Labute approximate surface area is 171 Å². The van der Waals surface area contributed by atoms with Crippen LogP contribution < -0.4 is 11.1 Å². The highest BCUT2D eigenvalue weighted by Gasteiger charge is 2.21. The van der Waals surface area contributed by atoms with Gasteiger partial charge in [-0.3, -0.25) is 4.79 Å². The van der Waals surface area contributed by atoms with Gasteiger partial charge in [-0.05, 0) is 72.6 Å². The lowest BCUT2D eigenvalue weighted by Crippen LogP contribution is -2.27. The van der Waals surface area contributed by atoms with Crippen LogP contribution in [0.4, 0.5) is 5.69 Å². The van der Waals surface area contributed by atoms with E-state index in [1.165, 1.54) is 24.3 Å². The van der Waals surface area contributed by atoms with Gasteiger partial charge in [0.25, 0.3) is 5.91 Å². The van der Waals surface area contributed by atoms with Gasteiger partial charge >= 0.3 is 11.9 Å². The van der Waals surface area contributed by atoms with Crippen molar-refractivity contribution >= 4 is 39.5 Å². The maximum atomic E-state index is 12.4. The standard InChI is InChI=1S/C20H21BrN2O5/c1-20(2,3)28-19(27)15-9-13(22)6-4-12(15)10-23-17(24)11-5-7-14(18(25)26)16(21)8-11/h4-9H,10,22H2,1-3H3,(H,23,24)(H,25,26). The van der Waals surface area contributed by atoms with E-state index in [1.54, 1.807) is 32.9 Å². The van der Waals surface area contributed by atoms with Crippen LogP contribution in [-0.2, 0) is 11.3 Å². The molecule has 0 aliphatic heterocycles. The molecule has 0 saturated heterocycles. The van der Waals surface area contributed by atoms with Gasteiger partial charge in [0, 0.05) is 22.3 Å². The Morgan fingerprint density at radius 1 is 1.11 bits per heavy atom.